The molecule has 2 aromatic carbocycles. The lowest BCUT2D eigenvalue weighted by Gasteiger charge is -2.30. The largest absolute Gasteiger partial charge is 0.326 e. The molecule has 1 aliphatic rings. The van der Waals surface area contributed by atoms with Crippen LogP contribution in [0.3, 0.4) is 0 Å². The van der Waals surface area contributed by atoms with Crippen LogP contribution in [0.2, 0.25) is 10.0 Å². The van der Waals surface area contributed by atoms with E-state index in [1.807, 2.05) is 18.2 Å². The summed E-state index contributed by atoms with van der Waals surface area (Å²) in [4.78, 5) is 25.6. The molecule has 0 atom stereocenters. The van der Waals surface area contributed by atoms with Crippen molar-refractivity contribution in [3.8, 4) is 0 Å². The summed E-state index contributed by atoms with van der Waals surface area (Å²) in [6, 6.07) is 10.4. The molecule has 0 fully saturated rings. The lowest BCUT2D eigenvalue weighted by molar-refractivity contribution is -0.114. The van der Waals surface area contributed by atoms with E-state index in [1.165, 1.54) is 6.92 Å². The molecule has 0 saturated heterocycles. The molecule has 0 aromatic heterocycles. The summed E-state index contributed by atoms with van der Waals surface area (Å²) in [5, 5.41) is 6.58. The van der Waals surface area contributed by atoms with Crippen LogP contribution in [0.25, 0.3) is 0 Å². The number of urea groups is 1. The number of fused-ring (bicyclic) bond motifs is 1. The number of carbonyl (C=O) groups is 2. The van der Waals surface area contributed by atoms with Gasteiger partial charge in [0.25, 0.3) is 0 Å². The Kier molecular flexibility index (Phi) is 5.16. The van der Waals surface area contributed by atoms with E-state index in [1.54, 1.807) is 23.1 Å². The molecule has 3 amide bonds. The van der Waals surface area contributed by atoms with Crippen LogP contribution >= 0.6 is 23.2 Å². The minimum Gasteiger partial charge on any atom is -0.326 e. The molecule has 0 bridgehead atoms. The highest BCUT2D eigenvalue weighted by Crippen LogP contribution is 2.28. The molecule has 0 spiro atoms. The van der Waals surface area contributed by atoms with E-state index in [0.29, 0.717) is 35.2 Å². The monoisotopic (exact) mass is 377 g/mol. The number of rotatable bonds is 2. The van der Waals surface area contributed by atoms with Crippen LogP contribution in [0.1, 0.15) is 18.1 Å². The van der Waals surface area contributed by atoms with Gasteiger partial charge in [-0.25, -0.2) is 4.79 Å². The molecule has 1 aliphatic heterocycles. The van der Waals surface area contributed by atoms with Crippen LogP contribution < -0.4 is 10.6 Å². The van der Waals surface area contributed by atoms with Crippen molar-refractivity contribution in [3.05, 3.63) is 57.6 Å². The molecular formula is C18H17Cl2N3O2. The third-order valence-electron chi connectivity index (χ3n) is 4.03. The lowest BCUT2D eigenvalue weighted by atomic mass is 9.98. The Hall–Kier alpha value is -2.24. The molecule has 7 heteroatoms. The van der Waals surface area contributed by atoms with Gasteiger partial charge in [-0.2, -0.15) is 0 Å². The molecular weight excluding hydrogens is 361 g/mol. The van der Waals surface area contributed by atoms with E-state index < -0.39 is 0 Å². The van der Waals surface area contributed by atoms with Gasteiger partial charge in [0, 0.05) is 30.7 Å². The number of benzene rings is 2. The van der Waals surface area contributed by atoms with E-state index in [9.17, 15) is 9.59 Å². The Morgan fingerprint density at radius 1 is 1.08 bits per heavy atom. The van der Waals surface area contributed by atoms with Crippen molar-refractivity contribution in [1.29, 1.82) is 0 Å². The van der Waals surface area contributed by atoms with E-state index in [2.05, 4.69) is 10.6 Å². The Labute approximate surface area is 155 Å². The molecule has 1 heterocycles. The second-order valence-corrected chi connectivity index (χ2v) is 6.69. The first-order valence-corrected chi connectivity index (χ1v) is 8.59. The number of carbonyl (C=O) groups excluding carboxylic acids is 2. The number of anilines is 2. The van der Waals surface area contributed by atoms with Crippen molar-refractivity contribution in [3.63, 3.8) is 0 Å². The number of halogens is 2. The van der Waals surface area contributed by atoms with Crippen LogP contribution in [0.15, 0.2) is 36.4 Å². The molecule has 2 aromatic rings. The molecule has 2 N–H and O–H groups in total. The maximum Gasteiger partial charge on any atom is 0.322 e. The van der Waals surface area contributed by atoms with Crippen molar-refractivity contribution in [2.24, 2.45) is 0 Å². The molecule has 5 nitrogen and oxygen atoms in total. The van der Waals surface area contributed by atoms with Crippen LogP contribution in [-0.2, 0) is 17.8 Å². The van der Waals surface area contributed by atoms with Gasteiger partial charge in [0.05, 0.1) is 10.7 Å². The predicted octanol–water partition coefficient (Wildman–Crippen LogP) is 4.54. The maximum absolute atomic E-state index is 12.5. The van der Waals surface area contributed by atoms with Gasteiger partial charge in [0.15, 0.2) is 0 Å². The molecule has 0 radical (unpaired) electrons. The summed E-state index contributed by atoms with van der Waals surface area (Å²) in [5.74, 6) is -0.107. The average molecular weight is 378 g/mol. The molecule has 130 valence electrons. The minimum atomic E-state index is -0.236. The van der Waals surface area contributed by atoms with Crippen molar-refractivity contribution < 1.29 is 9.59 Å². The molecule has 0 aliphatic carbocycles. The summed E-state index contributed by atoms with van der Waals surface area (Å²) in [6.45, 7) is 2.50. The van der Waals surface area contributed by atoms with Gasteiger partial charge in [-0.1, -0.05) is 35.3 Å². The summed E-state index contributed by atoms with van der Waals surface area (Å²) in [5.41, 5.74) is 3.38. The summed E-state index contributed by atoms with van der Waals surface area (Å²) < 4.78 is 0. The third-order valence-corrected chi connectivity index (χ3v) is 4.60. The normalized spacial score (nSPS) is 13.2. The number of hydrogen-bond acceptors (Lipinski definition) is 2. The fourth-order valence-corrected chi connectivity index (χ4v) is 3.21. The number of hydrogen-bond donors (Lipinski definition) is 2. The van der Waals surface area contributed by atoms with E-state index in [4.69, 9.17) is 23.2 Å². The molecule has 0 unspecified atom stereocenters. The highest BCUT2D eigenvalue weighted by Gasteiger charge is 2.23. The van der Waals surface area contributed by atoms with Gasteiger partial charge >= 0.3 is 6.03 Å². The summed E-state index contributed by atoms with van der Waals surface area (Å²) >= 11 is 12.1. The first-order chi connectivity index (χ1) is 11.9. The van der Waals surface area contributed by atoms with E-state index in [0.717, 1.165) is 16.8 Å². The van der Waals surface area contributed by atoms with Gasteiger partial charge in [-0.15, -0.1) is 0 Å². The Bertz CT molecular complexity index is 839. The zero-order chi connectivity index (χ0) is 18.0. The van der Waals surface area contributed by atoms with Crippen molar-refractivity contribution >= 4 is 46.5 Å². The van der Waals surface area contributed by atoms with E-state index in [-0.39, 0.29) is 11.9 Å². The Morgan fingerprint density at radius 2 is 1.88 bits per heavy atom. The average Bonchev–Trinajstić information content (AvgIpc) is 2.57. The van der Waals surface area contributed by atoms with Crippen LogP contribution in [0.4, 0.5) is 16.2 Å². The van der Waals surface area contributed by atoms with E-state index >= 15 is 0 Å². The first-order valence-electron chi connectivity index (χ1n) is 7.83. The smallest absolute Gasteiger partial charge is 0.322 e. The summed E-state index contributed by atoms with van der Waals surface area (Å²) in [6.07, 6.45) is 0.669. The first kappa shape index (κ1) is 17.6. The quantitative estimate of drug-likeness (QED) is 0.806. The fraction of sp³-hybridized carbons (Fsp3) is 0.222. The lowest BCUT2D eigenvalue weighted by Crippen LogP contribution is -2.39. The van der Waals surface area contributed by atoms with Gasteiger partial charge < -0.3 is 15.5 Å². The molecule has 25 heavy (non-hydrogen) atoms. The van der Waals surface area contributed by atoms with Crippen molar-refractivity contribution in [2.45, 2.75) is 19.9 Å². The maximum atomic E-state index is 12.5. The zero-order valence-corrected chi connectivity index (χ0v) is 15.1. The molecule has 0 saturated carbocycles. The zero-order valence-electron chi connectivity index (χ0n) is 13.6. The highest BCUT2D eigenvalue weighted by atomic mass is 35.5. The van der Waals surface area contributed by atoms with Gasteiger partial charge in [-0.05, 0) is 41.8 Å². The minimum absolute atomic E-state index is 0.107. The standard InChI is InChI=1S/C18H17Cl2N3O2/c1-11(24)21-16-4-2-3-12-10-23(8-7-14(12)16)18(25)22-17-9-13(19)5-6-15(17)20/h2-6,9H,7-8,10H2,1H3,(H,21,24)(H,22,25). The number of nitrogens with zero attached hydrogens (tertiary/aromatic N) is 1. The van der Waals surface area contributed by atoms with Crippen molar-refractivity contribution in [1.82, 2.24) is 4.90 Å². The van der Waals surface area contributed by atoms with Crippen LogP contribution in [0.5, 0.6) is 0 Å². The van der Waals surface area contributed by atoms with Gasteiger partial charge in [0.2, 0.25) is 5.91 Å². The highest BCUT2D eigenvalue weighted by molar-refractivity contribution is 6.35. The van der Waals surface area contributed by atoms with Gasteiger partial charge in [-0.3, -0.25) is 4.79 Å². The third kappa shape index (κ3) is 4.06. The van der Waals surface area contributed by atoms with Crippen molar-refractivity contribution in [2.75, 3.05) is 17.2 Å². The second kappa shape index (κ2) is 7.33. The number of amides is 3. The SMILES string of the molecule is CC(=O)Nc1cccc2c1CCN(C(=O)Nc1cc(Cl)ccc1Cl)C2. The Balaban J connectivity index is 1.75. The van der Waals surface area contributed by atoms with Crippen LogP contribution in [-0.4, -0.2) is 23.4 Å². The topological polar surface area (TPSA) is 61.4 Å². The van der Waals surface area contributed by atoms with Crippen LogP contribution in [0, 0.1) is 0 Å². The fourth-order valence-electron chi connectivity index (χ4n) is 2.88. The van der Waals surface area contributed by atoms with Gasteiger partial charge in [0.1, 0.15) is 0 Å². The second-order valence-electron chi connectivity index (χ2n) is 5.85. The summed E-state index contributed by atoms with van der Waals surface area (Å²) in [7, 11) is 0. The molecule has 3 rings (SSSR count). The number of nitrogens with one attached hydrogen (secondary N) is 2. The predicted molar refractivity (Wildman–Crippen MR) is 100 cm³/mol. The Morgan fingerprint density at radius 3 is 2.64 bits per heavy atom.